The monoisotopic (exact) mass is 398 g/mol. The highest BCUT2D eigenvalue weighted by Crippen LogP contribution is 2.48. The molecule has 0 aliphatic heterocycles. The second-order valence-electron chi connectivity index (χ2n) is 7.54. The van der Waals surface area contributed by atoms with E-state index in [-0.39, 0.29) is 46.2 Å². The number of methoxy groups -OCH3 is 1. The van der Waals surface area contributed by atoms with Gasteiger partial charge < -0.3 is 25.2 Å². The minimum absolute atomic E-state index is 0.122. The summed E-state index contributed by atoms with van der Waals surface area (Å²) < 4.78 is 4.80. The van der Waals surface area contributed by atoms with Crippen molar-refractivity contribution in [2.45, 2.75) is 31.3 Å². The molecule has 0 heterocycles. The number of aliphatic hydroxyl groups is 1. The third kappa shape index (κ3) is 2.45. The maximum Gasteiger partial charge on any atom is 0.316 e. The minimum Gasteiger partial charge on any atom is -0.507 e. The lowest BCUT2D eigenvalue weighted by molar-refractivity contribution is -0.149. The van der Waals surface area contributed by atoms with E-state index >= 15 is 0 Å². The van der Waals surface area contributed by atoms with Gasteiger partial charge in [0, 0.05) is 5.56 Å². The summed E-state index contributed by atoms with van der Waals surface area (Å²) in [5.74, 6) is -4.97. The van der Waals surface area contributed by atoms with E-state index in [0.29, 0.717) is 0 Å². The van der Waals surface area contributed by atoms with Crippen LogP contribution in [0.3, 0.4) is 0 Å². The van der Waals surface area contributed by atoms with Crippen LogP contribution >= 0.6 is 0 Å². The molecule has 0 bridgehead atoms. The summed E-state index contributed by atoms with van der Waals surface area (Å²) in [6.45, 7) is 1.46. The SMILES string of the molecule is COC(=O)[C@H]1c2cc3c(c(O)c2CC[C@]1(C)O)C(=O)c1c(O)ccc(O)c1C3=O. The highest BCUT2D eigenvalue weighted by atomic mass is 16.5. The highest BCUT2D eigenvalue weighted by molar-refractivity contribution is 6.31. The van der Waals surface area contributed by atoms with Gasteiger partial charge in [0.05, 0.1) is 29.4 Å². The molecule has 0 saturated heterocycles. The molecule has 2 aliphatic carbocycles. The molecule has 2 atom stereocenters. The first-order chi connectivity index (χ1) is 13.6. The quantitative estimate of drug-likeness (QED) is 0.357. The van der Waals surface area contributed by atoms with E-state index in [2.05, 4.69) is 0 Å². The van der Waals surface area contributed by atoms with Gasteiger partial charge >= 0.3 is 5.97 Å². The second kappa shape index (κ2) is 6.05. The molecule has 0 aromatic heterocycles. The van der Waals surface area contributed by atoms with Crippen LogP contribution in [0.15, 0.2) is 18.2 Å². The van der Waals surface area contributed by atoms with Gasteiger partial charge in [-0.2, -0.15) is 0 Å². The number of hydrogen-bond donors (Lipinski definition) is 4. The van der Waals surface area contributed by atoms with Gasteiger partial charge in [0.15, 0.2) is 5.78 Å². The van der Waals surface area contributed by atoms with Crippen LogP contribution in [0, 0.1) is 0 Å². The first kappa shape index (κ1) is 18.9. The van der Waals surface area contributed by atoms with E-state index in [0.717, 1.165) is 19.2 Å². The van der Waals surface area contributed by atoms with E-state index in [9.17, 15) is 34.8 Å². The van der Waals surface area contributed by atoms with Crippen molar-refractivity contribution in [2.24, 2.45) is 0 Å². The number of aromatic hydroxyl groups is 3. The second-order valence-corrected chi connectivity index (χ2v) is 7.54. The molecule has 29 heavy (non-hydrogen) atoms. The molecule has 0 saturated carbocycles. The lowest BCUT2D eigenvalue weighted by Crippen LogP contribution is -2.42. The molecule has 2 aliphatic rings. The number of fused-ring (bicyclic) bond motifs is 3. The zero-order valence-corrected chi connectivity index (χ0v) is 15.6. The normalized spacial score (nSPS) is 22.5. The van der Waals surface area contributed by atoms with Gasteiger partial charge in [0.1, 0.15) is 23.2 Å². The topological polar surface area (TPSA) is 141 Å². The van der Waals surface area contributed by atoms with Crippen LogP contribution in [-0.2, 0) is 16.0 Å². The van der Waals surface area contributed by atoms with E-state index < -0.39 is 46.3 Å². The number of hydrogen-bond acceptors (Lipinski definition) is 8. The Kier molecular flexibility index (Phi) is 3.95. The summed E-state index contributed by atoms with van der Waals surface area (Å²) in [6.07, 6.45) is 0.284. The summed E-state index contributed by atoms with van der Waals surface area (Å²) in [6, 6.07) is 3.46. The van der Waals surface area contributed by atoms with Crippen molar-refractivity contribution in [1.82, 2.24) is 0 Å². The first-order valence-corrected chi connectivity index (χ1v) is 8.93. The predicted octanol–water partition coefficient (Wildman–Crippen LogP) is 1.53. The molecule has 0 fully saturated rings. The van der Waals surface area contributed by atoms with Crippen LogP contribution in [0.5, 0.6) is 17.2 Å². The van der Waals surface area contributed by atoms with Crippen molar-refractivity contribution >= 4 is 17.5 Å². The van der Waals surface area contributed by atoms with Gasteiger partial charge in [-0.25, -0.2) is 0 Å². The molecule has 0 amide bonds. The summed E-state index contributed by atoms with van der Waals surface area (Å²) >= 11 is 0. The van der Waals surface area contributed by atoms with Crippen LogP contribution in [0.2, 0.25) is 0 Å². The zero-order chi connectivity index (χ0) is 21.2. The zero-order valence-electron chi connectivity index (χ0n) is 15.6. The first-order valence-electron chi connectivity index (χ1n) is 8.93. The molecule has 8 nitrogen and oxygen atoms in total. The lowest BCUT2D eigenvalue weighted by atomic mass is 9.69. The van der Waals surface area contributed by atoms with Crippen LogP contribution in [0.4, 0.5) is 0 Å². The molecular weight excluding hydrogens is 380 g/mol. The van der Waals surface area contributed by atoms with Crippen LogP contribution in [-0.4, -0.2) is 50.7 Å². The molecule has 4 rings (SSSR count). The summed E-state index contributed by atoms with van der Waals surface area (Å²) in [4.78, 5) is 38.4. The highest BCUT2D eigenvalue weighted by Gasteiger charge is 2.47. The van der Waals surface area contributed by atoms with Crippen LogP contribution in [0.25, 0.3) is 0 Å². The molecule has 8 heteroatoms. The third-order valence-electron chi connectivity index (χ3n) is 5.78. The van der Waals surface area contributed by atoms with Crippen LogP contribution < -0.4 is 0 Å². The maximum atomic E-state index is 13.1. The molecule has 150 valence electrons. The molecule has 0 radical (unpaired) electrons. The van der Waals surface area contributed by atoms with E-state index in [4.69, 9.17) is 4.74 Å². The number of carbonyl (C=O) groups is 3. The predicted molar refractivity (Wildman–Crippen MR) is 98.4 cm³/mol. The van der Waals surface area contributed by atoms with Crippen molar-refractivity contribution in [3.63, 3.8) is 0 Å². The number of esters is 1. The lowest BCUT2D eigenvalue weighted by Gasteiger charge is -2.38. The Morgan fingerprint density at radius 3 is 2.24 bits per heavy atom. The number of ketones is 2. The number of phenols is 3. The Labute approximate surface area is 165 Å². The van der Waals surface area contributed by atoms with E-state index in [1.54, 1.807) is 0 Å². The van der Waals surface area contributed by atoms with E-state index in [1.165, 1.54) is 13.0 Å². The van der Waals surface area contributed by atoms with Gasteiger partial charge in [-0.15, -0.1) is 0 Å². The fourth-order valence-electron chi connectivity index (χ4n) is 4.32. The third-order valence-corrected chi connectivity index (χ3v) is 5.78. The van der Waals surface area contributed by atoms with Crippen molar-refractivity contribution in [3.8, 4) is 17.2 Å². The summed E-state index contributed by atoms with van der Waals surface area (Å²) in [5.41, 5.74) is -2.31. The number of carbonyl (C=O) groups excluding carboxylic acids is 3. The number of ether oxygens (including phenoxy) is 1. The summed E-state index contributed by atoms with van der Waals surface area (Å²) in [5, 5.41) is 41.8. The molecule has 0 unspecified atom stereocenters. The van der Waals surface area contributed by atoms with Gasteiger partial charge in [0.2, 0.25) is 5.78 Å². The van der Waals surface area contributed by atoms with Gasteiger partial charge in [-0.3, -0.25) is 14.4 Å². The van der Waals surface area contributed by atoms with Gasteiger partial charge in [-0.05, 0) is 49.1 Å². The maximum absolute atomic E-state index is 13.1. The Bertz CT molecular complexity index is 1110. The number of rotatable bonds is 1. The Hall–Kier alpha value is -3.39. The Morgan fingerprint density at radius 1 is 1.07 bits per heavy atom. The summed E-state index contributed by atoms with van der Waals surface area (Å²) in [7, 11) is 1.16. The molecule has 2 aromatic carbocycles. The molecular formula is C21H18O8. The van der Waals surface area contributed by atoms with Crippen molar-refractivity contribution < 1.29 is 39.5 Å². The minimum atomic E-state index is -1.49. The van der Waals surface area contributed by atoms with Crippen molar-refractivity contribution in [3.05, 3.63) is 51.6 Å². The Morgan fingerprint density at radius 2 is 1.66 bits per heavy atom. The molecule has 4 N–H and O–H groups in total. The molecule has 0 spiro atoms. The van der Waals surface area contributed by atoms with Crippen LogP contribution in [0.1, 0.15) is 62.2 Å². The standard InChI is InChI=1S/C21H18O8/c1-21(28)6-5-8-9(16(21)20(27)29-2)7-10-13(17(8)24)19(26)15-12(23)4-3-11(22)14(15)18(10)25/h3-4,7,16,22-24,28H,5-6H2,1-2H3/t16-,21+/m1/s1. The van der Waals surface area contributed by atoms with Gasteiger partial charge in [0.25, 0.3) is 0 Å². The average molecular weight is 398 g/mol. The smallest absolute Gasteiger partial charge is 0.316 e. The Balaban J connectivity index is 2.03. The van der Waals surface area contributed by atoms with Crippen molar-refractivity contribution in [2.75, 3.05) is 7.11 Å². The fourth-order valence-corrected chi connectivity index (χ4v) is 4.32. The fraction of sp³-hybridized carbons (Fsp3) is 0.286. The van der Waals surface area contributed by atoms with Crippen molar-refractivity contribution in [1.29, 1.82) is 0 Å². The van der Waals surface area contributed by atoms with E-state index in [1.807, 2.05) is 0 Å². The molecule has 2 aromatic rings. The number of phenolic OH excluding ortho intramolecular Hbond substituents is 3. The van der Waals surface area contributed by atoms with Gasteiger partial charge in [-0.1, -0.05) is 0 Å². The largest absolute Gasteiger partial charge is 0.507 e. The average Bonchev–Trinajstić information content (AvgIpc) is 2.66. The number of benzene rings is 2.